The lowest BCUT2D eigenvalue weighted by atomic mass is 9.79. The second-order valence-corrected chi connectivity index (χ2v) is 10.9. The highest BCUT2D eigenvalue weighted by Gasteiger charge is 2.32. The van der Waals surface area contributed by atoms with Crippen LogP contribution in [-0.4, -0.2) is 66.0 Å². The summed E-state index contributed by atoms with van der Waals surface area (Å²) in [5.41, 5.74) is 1.78. The molecular formula is C30H36ClFN2O6. The van der Waals surface area contributed by atoms with E-state index in [0.29, 0.717) is 44.0 Å². The van der Waals surface area contributed by atoms with Gasteiger partial charge in [-0.15, -0.1) is 0 Å². The van der Waals surface area contributed by atoms with E-state index in [4.69, 9.17) is 21.1 Å². The number of carbonyl (C=O) groups is 3. The van der Waals surface area contributed by atoms with Crippen LogP contribution < -0.4 is 9.47 Å². The van der Waals surface area contributed by atoms with Gasteiger partial charge in [-0.3, -0.25) is 24.2 Å². The fourth-order valence-electron chi connectivity index (χ4n) is 5.61. The van der Waals surface area contributed by atoms with E-state index in [2.05, 4.69) is 4.90 Å². The van der Waals surface area contributed by atoms with Gasteiger partial charge in [0.15, 0.2) is 11.5 Å². The molecule has 2 fully saturated rings. The summed E-state index contributed by atoms with van der Waals surface area (Å²) in [6.45, 7) is 2.13. The Morgan fingerprint density at radius 1 is 1.07 bits per heavy atom. The summed E-state index contributed by atoms with van der Waals surface area (Å²) in [4.78, 5) is 39.1. The van der Waals surface area contributed by atoms with Crippen molar-refractivity contribution in [1.29, 1.82) is 0 Å². The number of methoxy groups -OCH3 is 1. The SMILES string of the molecule is COc1cc(CN(CCc2ccc(Cl)c(F)c2)CC2CCCCC2C(=O)O)ccc1OCCN1C(=O)CCC1=O. The monoisotopic (exact) mass is 574 g/mol. The molecule has 1 aliphatic heterocycles. The predicted molar refractivity (Wildman–Crippen MR) is 148 cm³/mol. The standard InChI is InChI=1S/C30H36ClFN2O6/c1-39-27-17-21(7-9-26(27)40-15-14-34-28(35)10-11-29(34)36)18-33(13-12-20-6-8-24(31)25(32)16-20)19-22-4-2-3-5-23(22)30(37)38/h6-9,16-17,22-23H,2-5,10-15,18-19H2,1H3,(H,37,38). The number of carbonyl (C=O) groups excluding carboxylic acids is 2. The Kier molecular flexibility index (Phi) is 10.4. The van der Waals surface area contributed by atoms with Crippen LogP contribution in [0.4, 0.5) is 4.39 Å². The fourth-order valence-corrected chi connectivity index (χ4v) is 5.72. The summed E-state index contributed by atoms with van der Waals surface area (Å²) in [7, 11) is 1.55. The Bertz CT molecular complexity index is 1210. The van der Waals surface area contributed by atoms with Crippen molar-refractivity contribution in [3.05, 3.63) is 58.4 Å². The average molecular weight is 575 g/mol. The van der Waals surface area contributed by atoms with Gasteiger partial charge >= 0.3 is 5.97 Å². The molecule has 2 aliphatic rings. The van der Waals surface area contributed by atoms with Crippen LogP contribution in [0.1, 0.15) is 49.7 Å². The van der Waals surface area contributed by atoms with Gasteiger partial charge in [0.2, 0.25) is 11.8 Å². The maximum atomic E-state index is 14.0. The molecule has 0 bridgehead atoms. The van der Waals surface area contributed by atoms with Crippen molar-refractivity contribution < 1.29 is 33.4 Å². The molecule has 2 unspecified atom stereocenters. The number of likely N-dealkylation sites (tertiary alicyclic amines) is 1. The zero-order valence-electron chi connectivity index (χ0n) is 22.7. The van der Waals surface area contributed by atoms with Crippen LogP contribution >= 0.6 is 11.6 Å². The highest BCUT2D eigenvalue weighted by Crippen LogP contribution is 2.33. The van der Waals surface area contributed by atoms with Crippen LogP contribution in [0.5, 0.6) is 11.5 Å². The van der Waals surface area contributed by atoms with Gasteiger partial charge in [0.1, 0.15) is 12.4 Å². The Morgan fingerprint density at radius 3 is 2.50 bits per heavy atom. The highest BCUT2D eigenvalue weighted by atomic mass is 35.5. The summed E-state index contributed by atoms with van der Waals surface area (Å²) < 4.78 is 25.4. The lowest BCUT2D eigenvalue weighted by Crippen LogP contribution is -2.38. The van der Waals surface area contributed by atoms with E-state index in [9.17, 15) is 23.9 Å². The lowest BCUT2D eigenvalue weighted by molar-refractivity contribution is -0.145. The van der Waals surface area contributed by atoms with E-state index in [1.165, 1.54) is 11.0 Å². The first-order chi connectivity index (χ1) is 19.2. The molecule has 4 rings (SSSR count). The van der Waals surface area contributed by atoms with E-state index in [1.54, 1.807) is 19.2 Å². The minimum Gasteiger partial charge on any atom is -0.493 e. The molecule has 10 heteroatoms. The molecule has 1 saturated heterocycles. The minimum atomic E-state index is -0.745. The van der Waals surface area contributed by atoms with Gasteiger partial charge in [0, 0.05) is 32.5 Å². The third-order valence-electron chi connectivity index (χ3n) is 7.78. The van der Waals surface area contributed by atoms with Gasteiger partial charge in [-0.1, -0.05) is 36.6 Å². The highest BCUT2D eigenvalue weighted by molar-refractivity contribution is 6.30. The van der Waals surface area contributed by atoms with Crippen molar-refractivity contribution in [2.24, 2.45) is 11.8 Å². The minimum absolute atomic E-state index is 0.0358. The number of rotatable bonds is 13. The van der Waals surface area contributed by atoms with Crippen molar-refractivity contribution in [3.63, 3.8) is 0 Å². The fraction of sp³-hybridized carbons (Fsp3) is 0.500. The number of ether oxygens (including phenoxy) is 2. The summed E-state index contributed by atoms with van der Waals surface area (Å²) >= 11 is 5.85. The average Bonchev–Trinajstić information content (AvgIpc) is 3.26. The number of imide groups is 1. The smallest absolute Gasteiger partial charge is 0.306 e. The number of halogens is 2. The second-order valence-electron chi connectivity index (χ2n) is 10.5. The number of hydrogen-bond acceptors (Lipinski definition) is 6. The van der Waals surface area contributed by atoms with Crippen molar-refractivity contribution in [2.45, 2.75) is 51.5 Å². The van der Waals surface area contributed by atoms with E-state index >= 15 is 0 Å². The van der Waals surface area contributed by atoms with Crippen LogP contribution in [0.25, 0.3) is 0 Å². The zero-order chi connectivity index (χ0) is 28.6. The maximum Gasteiger partial charge on any atom is 0.306 e. The Hall–Kier alpha value is -3.17. The van der Waals surface area contributed by atoms with E-state index < -0.39 is 11.8 Å². The van der Waals surface area contributed by atoms with Crippen molar-refractivity contribution >= 4 is 29.4 Å². The molecule has 0 radical (unpaired) electrons. The normalized spacial score (nSPS) is 19.4. The molecule has 0 aromatic heterocycles. The zero-order valence-corrected chi connectivity index (χ0v) is 23.5. The number of aliphatic carboxylic acids is 1. The molecule has 0 spiro atoms. The first-order valence-electron chi connectivity index (χ1n) is 13.8. The summed E-state index contributed by atoms with van der Waals surface area (Å²) in [6, 6.07) is 10.4. The molecule has 1 aliphatic carbocycles. The molecule has 216 valence electrons. The van der Waals surface area contributed by atoms with Crippen LogP contribution in [0, 0.1) is 17.7 Å². The Labute approximate surface area is 239 Å². The Balaban J connectivity index is 1.45. The Morgan fingerprint density at radius 2 is 1.80 bits per heavy atom. The third kappa shape index (κ3) is 7.73. The van der Waals surface area contributed by atoms with Crippen LogP contribution in [0.2, 0.25) is 5.02 Å². The van der Waals surface area contributed by atoms with Gasteiger partial charge in [-0.25, -0.2) is 4.39 Å². The largest absolute Gasteiger partial charge is 0.493 e. The molecule has 8 nitrogen and oxygen atoms in total. The molecule has 1 saturated carbocycles. The second kappa shape index (κ2) is 13.9. The first-order valence-corrected chi connectivity index (χ1v) is 14.1. The topological polar surface area (TPSA) is 96.4 Å². The van der Waals surface area contributed by atoms with E-state index in [1.807, 2.05) is 18.2 Å². The van der Waals surface area contributed by atoms with Gasteiger partial charge in [-0.2, -0.15) is 0 Å². The molecule has 40 heavy (non-hydrogen) atoms. The molecule has 2 amide bonds. The summed E-state index contributed by atoms with van der Waals surface area (Å²) in [5.74, 6) is -0.865. The first kappa shape index (κ1) is 29.8. The van der Waals surface area contributed by atoms with Crippen LogP contribution in [-0.2, 0) is 27.3 Å². The van der Waals surface area contributed by atoms with Crippen molar-refractivity contribution in [3.8, 4) is 11.5 Å². The number of carboxylic acids is 1. The molecule has 1 heterocycles. The molecule has 2 aromatic carbocycles. The lowest BCUT2D eigenvalue weighted by Gasteiger charge is -2.34. The predicted octanol–water partition coefficient (Wildman–Crippen LogP) is 4.95. The molecule has 2 atom stereocenters. The van der Waals surface area contributed by atoms with E-state index in [-0.39, 0.29) is 54.7 Å². The van der Waals surface area contributed by atoms with Gasteiger partial charge in [0.05, 0.1) is 24.6 Å². The molecule has 1 N–H and O–H groups in total. The van der Waals surface area contributed by atoms with Crippen molar-refractivity contribution in [2.75, 3.05) is 33.4 Å². The number of carboxylic acid groups (broad SMARTS) is 1. The third-order valence-corrected chi connectivity index (χ3v) is 8.09. The molecule has 2 aromatic rings. The van der Waals surface area contributed by atoms with Gasteiger partial charge < -0.3 is 14.6 Å². The molecular weight excluding hydrogens is 539 g/mol. The van der Waals surface area contributed by atoms with Gasteiger partial charge in [-0.05, 0) is 60.6 Å². The maximum absolute atomic E-state index is 14.0. The van der Waals surface area contributed by atoms with Crippen LogP contribution in [0.15, 0.2) is 36.4 Å². The summed E-state index contributed by atoms with van der Waals surface area (Å²) in [6.07, 6.45) is 4.56. The van der Waals surface area contributed by atoms with E-state index in [0.717, 1.165) is 30.4 Å². The number of nitrogens with zero attached hydrogens (tertiary/aromatic N) is 2. The van der Waals surface area contributed by atoms with Gasteiger partial charge in [0.25, 0.3) is 0 Å². The number of benzene rings is 2. The van der Waals surface area contributed by atoms with Crippen LogP contribution in [0.3, 0.4) is 0 Å². The summed E-state index contributed by atoms with van der Waals surface area (Å²) in [5, 5.41) is 9.88. The quantitative estimate of drug-likeness (QED) is 0.338. The number of amides is 2. The van der Waals surface area contributed by atoms with Crippen molar-refractivity contribution in [1.82, 2.24) is 9.80 Å². The number of hydrogen-bond donors (Lipinski definition) is 1.